The molecule has 2 heterocycles. The van der Waals surface area contributed by atoms with Gasteiger partial charge in [0.25, 0.3) is 11.8 Å². The van der Waals surface area contributed by atoms with Crippen molar-refractivity contribution in [3.63, 3.8) is 0 Å². The van der Waals surface area contributed by atoms with E-state index < -0.39 is 0 Å². The Morgan fingerprint density at radius 1 is 1.29 bits per heavy atom. The van der Waals surface area contributed by atoms with E-state index in [1.807, 2.05) is 19.1 Å². The van der Waals surface area contributed by atoms with Gasteiger partial charge in [-0.3, -0.25) is 14.8 Å². The van der Waals surface area contributed by atoms with Gasteiger partial charge in [0.05, 0.1) is 0 Å². The highest BCUT2D eigenvalue weighted by atomic mass is 16.4. The third-order valence-corrected chi connectivity index (χ3v) is 2.97. The molecule has 0 spiro atoms. The number of rotatable bonds is 3. The molecular weight excluding hydrogens is 270 g/mol. The first-order valence-corrected chi connectivity index (χ1v) is 6.33. The fourth-order valence-corrected chi connectivity index (χ4v) is 1.92. The molecule has 0 aliphatic heterocycles. The molecule has 0 fully saturated rings. The maximum absolute atomic E-state index is 12.1. The van der Waals surface area contributed by atoms with Crippen LogP contribution >= 0.6 is 0 Å². The molecule has 7 nitrogen and oxygen atoms in total. The minimum absolute atomic E-state index is 0.0534. The molecule has 3 aromatic rings. The molecule has 0 atom stereocenters. The number of anilines is 1. The van der Waals surface area contributed by atoms with E-state index in [1.54, 1.807) is 36.1 Å². The van der Waals surface area contributed by atoms with E-state index in [2.05, 4.69) is 20.6 Å². The smallest absolute Gasteiger partial charge is 0.322 e. The zero-order chi connectivity index (χ0) is 14.8. The third kappa shape index (κ3) is 2.66. The Balaban J connectivity index is 1.79. The second kappa shape index (κ2) is 5.20. The summed E-state index contributed by atoms with van der Waals surface area (Å²) in [6.07, 6.45) is 1.63. The van der Waals surface area contributed by atoms with Gasteiger partial charge in [0.1, 0.15) is 5.69 Å². The molecule has 0 unspecified atom stereocenters. The van der Waals surface area contributed by atoms with Gasteiger partial charge < -0.3 is 4.42 Å². The lowest BCUT2D eigenvalue weighted by atomic mass is 10.1. The fraction of sp³-hybridized carbons (Fsp3) is 0.143. The number of benzene rings is 1. The number of aromatic nitrogens is 4. The zero-order valence-electron chi connectivity index (χ0n) is 11.6. The van der Waals surface area contributed by atoms with Gasteiger partial charge >= 0.3 is 6.01 Å². The van der Waals surface area contributed by atoms with Crippen LogP contribution in [0.15, 0.2) is 40.9 Å². The van der Waals surface area contributed by atoms with Gasteiger partial charge in [0.2, 0.25) is 0 Å². The van der Waals surface area contributed by atoms with Crippen molar-refractivity contribution in [3.05, 3.63) is 47.7 Å². The van der Waals surface area contributed by atoms with Crippen LogP contribution in [0.25, 0.3) is 11.6 Å². The number of hydrogen-bond acceptors (Lipinski definition) is 5. The molecule has 0 radical (unpaired) electrons. The molecule has 7 heteroatoms. The van der Waals surface area contributed by atoms with Crippen LogP contribution in [0.4, 0.5) is 6.01 Å². The summed E-state index contributed by atoms with van der Waals surface area (Å²) >= 11 is 0. The quantitative estimate of drug-likeness (QED) is 0.794. The Kier molecular flexibility index (Phi) is 3.23. The van der Waals surface area contributed by atoms with E-state index in [-0.39, 0.29) is 11.9 Å². The summed E-state index contributed by atoms with van der Waals surface area (Å²) in [5, 5.41) is 14.3. The normalized spacial score (nSPS) is 10.6. The van der Waals surface area contributed by atoms with Crippen molar-refractivity contribution in [1.29, 1.82) is 0 Å². The summed E-state index contributed by atoms with van der Waals surface area (Å²) < 4.78 is 7.03. The average molecular weight is 283 g/mol. The highest BCUT2D eigenvalue weighted by Crippen LogP contribution is 2.19. The number of carbonyl (C=O) groups excluding carboxylic acids is 1. The van der Waals surface area contributed by atoms with Gasteiger partial charge in [-0.25, -0.2) is 0 Å². The Morgan fingerprint density at radius 3 is 2.86 bits per heavy atom. The molecule has 21 heavy (non-hydrogen) atoms. The summed E-state index contributed by atoms with van der Waals surface area (Å²) in [6.45, 7) is 1.92. The average Bonchev–Trinajstić information content (AvgIpc) is 3.07. The molecule has 0 aliphatic rings. The maximum Gasteiger partial charge on any atom is 0.322 e. The topological polar surface area (TPSA) is 85.8 Å². The Bertz CT molecular complexity index is 790. The molecule has 1 amide bonds. The van der Waals surface area contributed by atoms with Gasteiger partial charge in [0.15, 0.2) is 0 Å². The standard InChI is InChI=1S/C14H13N5O2/c1-9-4-3-5-10(8-9)12(20)16-14-18-17-13(21-14)11-6-7-15-19(11)2/h3-8H,1-2H3,(H,16,18,20). The van der Waals surface area contributed by atoms with Crippen LogP contribution in [0.3, 0.4) is 0 Å². The summed E-state index contributed by atoms with van der Waals surface area (Å²) in [5.74, 6) is 0.00782. The number of hydrogen-bond donors (Lipinski definition) is 1. The summed E-state index contributed by atoms with van der Waals surface area (Å²) in [5.41, 5.74) is 2.22. The summed E-state index contributed by atoms with van der Waals surface area (Å²) in [6, 6.07) is 9.05. The molecule has 0 saturated carbocycles. The Hall–Kier alpha value is -2.96. The first kappa shape index (κ1) is 13.0. The highest BCUT2D eigenvalue weighted by Gasteiger charge is 2.14. The van der Waals surface area contributed by atoms with E-state index >= 15 is 0 Å². The van der Waals surface area contributed by atoms with Gasteiger partial charge in [-0.1, -0.05) is 22.8 Å². The van der Waals surface area contributed by atoms with Crippen LogP contribution in [0, 0.1) is 6.92 Å². The molecule has 106 valence electrons. The van der Waals surface area contributed by atoms with Crippen molar-refractivity contribution in [2.24, 2.45) is 7.05 Å². The van der Waals surface area contributed by atoms with Gasteiger partial charge in [0, 0.05) is 18.8 Å². The van der Waals surface area contributed by atoms with E-state index in [0.717, 1.165) is 5.56 Å². The zero-order valence-corrected chi connectivity index (χ0v) is 11.6. The van der Waals surface area contributed by atoms with Crippen LogP contribution in [-0.2, 0) is 7.05 Å². The minimum atomic E-state index is -0.293. The highest BCUT2D eigenvalue weighted by molar-refractivity contribution is 6.03. The van der Waals surface area contributed by atoms with Gasteiger partial charge in [-0.2, -0.15) is 5.10 Å². The third-order valence-electron chi connectivity index (χ3n) is 2.97. The number of aryl methyl sites for hydroxylation is 2. The van der Waals surface area contributed by atoms with Crippen molar-refractivity contribution < 1.29 is 9.21 Å². The fourth-order valence-electron chi connectivity index (χ4n) is 1.92. The predicted molar refractivity (Wildman–Crippen MR) is 75.6 cm³/mol. The lowest BCUT2D eigenvalue weighted by molar-refractivity contribution is 0.102. The second-order valence-corrected chi connectivity index (χ2v) is 4.58. The molecule has 0 aliphatic carbocycles. The predicted octanol–water partition coefficient (Wildman–Crippen LogP) is 2.03. The SMILES string of the molecule is Cc1cccc(C(=O)Nc2nnc(-c3ccnn3C)o2)c1. The monoisotopic (exact) mass is 283 g/mol. The second-order valence-electron chi connectivity index (χ2n) is 4.58. The number of amides is 1. The largest absolute Gasteiger partial charge is 0.401 e. The van der Waals surface area contributed by atoms with Crippen LogP contribution in [0.1, 0.15) is 15.9 Å². The Morgan fingerprint density at radius 2 is 2.14 bits per heavy atom. The molecule has 0 bridgehead atoms. The van der Waals surface area contributed by atoms with Crippen LogP contribution < -0.4 is 5.32 Å². The van der Waals surface area contributed by atoms with E-state index in [4.69, 9.17) is 4.42 Å². The van der Waals surface area contributed by atoms with Crippen LogP contribution in [-0.4, -0.2) is 25.9 Å². The lowest BCUT2D eigenvalue weighted by Gasteiger charge is -2.01. The van der Waals surface area contributed by atoms with Crippen molar-refractivity contribution >= 4 is 11.9 Å². The Labute approximate surface area is 120 Å². The number of nitrogens with one attached hydrogen (secondary N) is 1. The molecule has 3 rings (SSSR count). The van der Waals surface area contributed by atoms with E-state index in [1.165, 1.54) is 0 Å². The maximum atomic E-state index is 12.1. The van der Waals surface area contributed by atoms with Crippen LogP contribution in [0.5, 0.6) is 0 Å². The van der Waals surface area contributed by atoms with E-state index in [9.17, 15) is 4.79 Å². The molecular formula is C14H13N5O2. The minimum Gasteiger partial charge on any atom is -0.401 e. The number of carbonyl (C=O) groups is 1. The van der Waals surface area contributed by atoms with Crippen molar-refractivity contribution in [2.45, 2.75) is 6.92 Å². The number of nitrogens with zero attached hydrogens (tertiary/aromatic N) is 4. The summed E-state index contributed by atoms with van der Waals surface area (Å²) in [4.78, 5) is 12.1. The molecule has 1 N–H and O–H groups in total. The first-order valence-electron chi connectivity index (χ1n) is 6.33. The van der Waals surface area contributed by atoms with Gasteiger partial charge in [-0.15, -0.1) is 5.10 Å². The molecule has 2 aromatic heterocycles. The molecule has 0 saturated heterocycles. The first-order chi connectivity index (χ1) is 10.1. The van der Waals surface area contributed by atoms with Crippen molar-refractivity contribution in [2.75, 3.05) is 5.32 Å². The molecule has 1 aromatic carbocycles. The summed E-state index contributed by atoms with van der Waals surface area (Å²) in [7, 11) is 1.77. The van der Waals surface area contributed by atoms with Crippen LogP contribution in [0.2, 0.25) is 0 Å². The lowest BCUT2D eigenvalue weighted by Crippen LogP contribution is -2.12. The van der Waals surface area contributed by atoms with Crippen molar-refractivity contribution in [1.82, 2.24) is 20.0 Å². The van der Waals surface area contributed by atoms with Crippen molar-refractivity contribution in [3.8, 4) is 11.6 Å². The van der Waals surface area contributed by atoms with E-state index in [0.29, 0.717) is 17.1 Å². The van der Waals surface area contributed by atoms with Gasteiger partial charge in [-0.05, 0) is 25.1 Å².